The van der Waals surface area contributed by atoms with Crippen molar-refractivity contribution in [2.45, 2.75) is 19.9 Å². The van der Waals surface area contributed by atoms with Crippen molar-refractivity contribution >= 4 is 22.9 Å². The van der Waals surface area contributed by atoms with Crippen molar-refractivity contribution in [3.05, 3.63) is 51.2 Å². The van der Waals surface area contributed by atoms with E-state index in [1.54, 1.807) is 11.3 Å². The maximum Gasteiger partial charge on any atom is 0.119 e. The van der Waals surface area contributed by atoms with E-state index in [1.165, 1.54) is 10.4 Å². The summed E-state index contributed by atoms with van der Waals surface area (Å²) in [5.41, 5.74) is 1.29. The third-order valence-electron chi connectivity index (χ3n) is 2.83. The minimum Gasteiger partial charge on any atom is -0.492 e. The Bertz CT molecular complexity index is 509. The van der Waals surface area contributed by atoms with Crippen molar-refractivity contribution in [1.29, 1.82) is 0 Å². The van der Waals surface area contributed by atoms with Gasteiger partial charge in [0.25, 0.3) is 0 Å². The maximum atomic E-state index is 5.86. The Morgan fingerprint density at radius 2 is 2.05 bits per heavy atom. The Morgan fingerprint density at radius 1 is 1.32 bits per heavy atom. The van der Waals surface area contributed by atoms with E-state index in [0.29, 0.717) is 6.61 Å². The number of rotatable bonds is 6. The zero-order valence-corrected chi connectivity index (χ0v) is 12.7. The van der Waals surface area contributed by atoms with E-state index < -0.39 is 0 Å². The first-order valence-electron chi connectivity index (χ1n) is 6.36. The van der Waals surface area contributed by atoms with E-state index in [1.807, 2.05) is 24.3 Å². The van der Waals surface area contributed by atoms with Gasteiger partial charge in [-0.3, -0.25) is 0 Å². The molecule has 0 aliphatic rings. The number of likely N-dealkylation sites (N-methyl/N-ethyl adjacent to an activating group) is 1. The molecule has 0 aliphatic heterocycles. The molecular formula is C15H18ClNOS. The first kappa shape index (κ1) is 14.4. The minimum atomic E-state index is 0.227. The molecule has 0 saturated heterocycles. The lowest BCUT2D eigenvalue weighted by atomic mass is 10.1. The molecule has 1 unspecified atom stereocenters. The van der Waals surface area contributed by atoms with Gasteiger partial charge in [-0.25, -0.2) is 0 Å². The minimum absolute atomic E-state index is 0.227. The van der Waals surface area contributed by atoms with Gasteiger partial charge >= 0.3 is 0 Å². The van der Waals surface area contributed by atoms with E-state index >= 15 is 0 Å². The highest BCUT2D eigenvalue weighted by Gasteiger charge is 2.12. The summed E-state index contributed by atoms with van der Waals surface area (Å²) in [4.78, 5) is 1.32. The summed E-state index contributed by atoms with van der Waals surface area (Å²) in [5, 5.41) is 6.36. The molecule has 2 rings (SSSR count). The van der Waals surface area contributed by atoms with Crippen molar-refractivity contribution in [2.75, 3.05) is 13.2 Å². The number of benzene rings is 1. The van der Waals surface area contributed by atoms with Gasteiger partial charge in [0, 0.05) is 9.90 Å². The molecule has 0 aliphatic carbocycles. The summed E-state index contributed by atoms with van der Waals surface area (Å²) >= 11 is 7.63. The van der Waals surface area contributed by atoms with Gasteiger partial charge in [-0.05, 0) is 54.7 Å². The topological polar surface area (TPSA) is 21.3 Å². The summed E-state index contributed by atoms with van der Waals surface area (Å²) in [7, 11) is 0. The summed E-state index contributed by atoms with van der Waals surface area (Å²) in [5.74, 6) is 0.847. The Hall–Kier alpha value is -1.03. The van der Waals surface area contributed by atoms with Gasteiger partial charge in [-0.2, -0.15) is 0 Å². The monoisotopic (exact) mass is 295 g/mol. The highest BCUT2D eigenvalue weighted by Crippen LogP contribution is 2.22. The van der Waals surface area contributed by atoms with Crippen LogP contribution in [-0.2, 0) is 0 Å². The molecule has 1 N–H and O–H groups in total. The largest absolute Gasteiger partial charge is 0.492 e. The number of nitrogens with one attached hydrogen (secondary N) is 1. The van der Waals surface area contributed by atoms with Crippen molar-refractivity contribution in [3.8, 4) is 5.75 Å². The van der Waals surface area contributed by atoms with Crippen LogP contribution in [0.3, 0.4) is 0 Å². The van der Waals surface area contributed by atoms with E-state index in [-0.39, 0.29) is 6.04 Å². The lowest BCUT2D eigenvalue weighted by molar-refractivity contribution is 0.268. The van der Waals surface area contributed by atoms with E-state index in [0.717, 1.165) is 17.3 Å². The van der Waals surface area contributed by atoms with Crippen LogP contribution >= 0.6 is 22.9 Å². The second kappa shape index (κ2) is 6.94. The molecule has 2 aromatic rings. The molecule has 0 spiro atoms. The van der Waals surface area contributed by atoms with Gasteiger partial charge in [0.1, 0.15) is 12.4 Å². The van der Waals surface area contributed by atoms with Crippen LogP contribution < -0.4 is 10.1 Å². The number of aryl methyl sites for hydroxylation is 1. The Balaban J connectivity index is 1.99. The van der Waals surface area contributed by atoms with Crippen molar-refractivity contribution in [1.82, 2.24) is 5.32 Å². The smallest absolute Gasteiger partial charge is 0.119 e. The fraction of sp³-hybridized carbons (Fsp3) is 0.333. The van der Waals surface area contributed by atoms with Crippen molar-refractivity contribution in [2.24, 2.45) is 0 Å². The number of hydrogen-bond donors (Lipinski definition) is 1. The van der Waals surface area contributed by atoms with Crippen LogP contribution in [0.2, 0.25) is 5.02 Å². The highest BCUT2D eigenvalue weighted by atomic mass is 35.5. The first-order valence-corrected chi connectivity index (χ1v) is 7.61. The molecule has 0 fully saturated rings. The number of ether oxygens (including phenoxy) is 1. The molecule has 1 atom stereocenters. The van der Waals surface area contributed by atoms with Crippen LogP contribution in [0.1, 0.15) is 23.4 Å². The van der Waals surface area contributed by atoms with Crippen LogP contribution in [0.15, 0.2) is 35.7 Å². The molecule has 1 heterocycles. The number of halogens is 1. The molecule has 1 aromatic heterocycles. The molecule has 1 aromatic carbocycles. The zero-order chi connectivity index (χ0) is 13.7. The predicted molar refractivity (Wildman–Crippen MR) is 82.4 cm³/mol. The predicted octanol–water partition coefficient (Wildman–Crippen LogP) is 4.44. The first-order chi connectivity index (χ1) is 9.19. The van der Waals surface area contributed by atoms with Crippen LogP contribution in [0.25, 0.3) is 0 Å². The van der Waals surface area contributed by atoms with Crippen molar-refractivity contribution in [3.63, 3.8) is 0 Å². The molecule has 2 nitrogen and oxygen atoms in total. The van der Waals surface area contributed by atoms with Gasteiger partial charge in [-0.15, -0.1) is 11.3 Å². The third-order valence-corrected chi connectivity index (χ3v) is 3.97. The summed E-state index contributed by atoms with van der Waals surface area (Å²) in [6.07, 6.45) is 0. The summed E-state index contributed by atoms with van der Waals surface area (Å²) < 4.78 is 5.82. The molecule has 0 bridgehead atoms. The van der Waals surface area contributed by atoms with Gasteiger partial charge in [0.15, 0.2) is 0 Å². The SMILES string of the molecule is CCNC(COc1ccc(Cl)cc1)c1csc(C)c1. The second-order valence-electron chi connectivity index (χ2n) is 4.37. The second-order valence-corrected chi connectivity index (χ2v) is 5.92. The van der Waals surface area contributed by atoms with Gasteiger partial charge in [-0.1, -0.05) is 18.5 Å². The lowest BCUT2D eigenvalue weighted by Gasteiger charge is -2.17. The van der Waals surface area contributed by atoms with Crippen LogP contribution in [0.5, 0.6) is 5.75 Å². The fourth-order valence-corrected chi connectivity index (χ4v) is 2.76. The summed E-state index contributed by atoms with van der Waals surface area (Å²) in [6, 6.07) is 9.91. The average Bonchev–Trinajstić information content (AvgIpc) is 2.83. The van der Waals surface area contributed by atoms with Crippen LogP contribution in [-0.4, -0.2) is 13.2 Å². The molecule has 0 amide bonds. The molecule has 0 saturated carbocycles. The normalized spacial score (nSPS) is 12.4. The maximum absolute atomic E-state index is 5.86. The standard InChI is InChI=1S/C15H18ClNOS/c1-3-17-15(12-8-11(2)19-10-12)9-18-14-6-4-13(16)5-7-14/h4-8,10,15,17H,3,9H2,1-2H3. The summed E-state index contributed by atoms with van der Waals surface area (Å²) in [6.45, 7) is 5.76. The van der Waals surface area contributed by atoms with E-state index in [2.05, 4.69) is 30.6 Å². The molecule has 0 radical (unpaired) electrons. The lowest BCUT2D eigenvalue weighted by Crippen LogP contribution is -2.26. The Kier molecular flexibility index (Phi) is 5.25. The van der Waals surface area contributed by atoms with Crippen LogP contribution in [0.4, 0.5) is 0 Å². The quantitative estimate of drug-likeness (QED) is 0.851. The zero-order valence-electron chi connectivity index (χ0n) is 11.2. The van der Waals surface area contributed by atoms with Crippen LogP contribution in [0, 0.1) is 6.92 Å². The van der Waals surface area contributed by atoms with Gasteiger partial charge < -0.3 is 10.1 Å². The molecule has 19 heavy (non-hydrogen) atoms. The Labute approximate surface area is 123 Å². The number of hydrogen-bond acceptors (Lipinski definition) is 3. The third kappa shape index (κ3) is 4.23. The fourth-order valence-electron chi connectivity index (χ4n) is 1.88. The van der Waals surface area contributed by atoms with Gasteiger partial charge in [0.2, 0.25) is 0 Å². The van der Waals surface area contributed by atoms with E-state index in [4.69, 9.17) is 16.3 Å². The molecule has 102 valence electrons. The average molecular weight is 296 g/mol. The number of thiophene rings is 1. The highest BCUT2D eigenvalue weighted by molar-refractivity contribution is 7.10. The van der Waals surface area contributed by atoms with Gasteiger partial charge in [0.05, 0.1) is 6.04 Å². The molecule has 4 heteroatoms. The molecular weight excluding hydrogens is 278 g/mol. The Morgan fingerprint density at radius 3 is 2.63 bits per heavy atom. The van der Waals surface area contributed by atoms with E-state index in [9.17, 15) is 0 Å². The van der Waals surface area contributed by atoms with Crippen molar-refractivity contribution < 1.29 is 4.74 Å².